The number of alkyl halides is 2. The molecule has 0 radical (unpaired) electrons. The molecule has 0 spiro atoms. The van der Waals surface area contributed by atoms with Gasteiger partial charge in [0.15, 0.2) is 5.82 Å². The lowest BCUT2D eigenvalue weighted by Gasteiger charge is -2.12. The van der Waals surface area contributed by atoms with E-state index in [0.717, 1.165) is 12.0 Å². The molecule has 2 aliphatic rings. The van der Waals surface area contributed by atoms with Gasteiger partial charge >= 0.3 is 0 Å². The second-order valence-electron chi connectivity index (χ2n) is 8.22. The largest absolute Gasteiger partial charge is 0.486 e. The molecule has 0 N–H and O–H groups in total. The Morgan fingerprint density at radius 3 is 2.91 bits per heavy atom. The number of carbonyl (C=O) groups is 1. The Hall–Kier alpha value is -3.40. The number of pyridine rings is 2. The Balaban J connectivity index is 1.42. The summed E-state index contributed by atoms with van der Waals surface area (Å²) in [5.41, 5.74) is 3.73. The fraction of sp³-hybridized carbons (Fsp3) is 0.391. The average molecular weight is 455 g/mol. The lowest BCUT2D eigenvalue weighted by atomic mass is 10.0. The van der Waals surface area contributed by atoms with Crippen LogP contribution in [0.2, 0.25) is 0 Å². The summed E-state index contributed by atoms with van der Waals surface area (Å²) in [6, 6.07) is 5.46. The molecule has 3 aromatic heterocycles. The molecule has 1 atom stereocenters. The van der Waals surface area contributed by atoms with E-state index >= 15 is 0 Å². The minimum absolute atomic E-state index is 0.141. The number of fused-ring (bicyclic) bond motifs is 1. The van der Waals surface area contributed by atoms with Gasteiger partial charge in [-0.1, -0.05) is 0 Å². The molecule has 8 nitrogen and oxygen atoms in total. The maximum absolute atomic E-state index is 13.2. The summed E-state index contributed by atoms with van der Waals surface area (Å²) in [6.07, 6.45) is 1.82. The standard InChI is InChI=1S/C23H23F2N5O3/c1-13-7-17(15-8-19(14(2)26-9-15)33-12-20(24)25)27-18-10-29(23(31)22(13)18)21-3-5-30(28-21)16-4-6-32-11-16/h3,5,7-9,16,20H,4,6,10-12H2,1-2H3/t16-/m0/s1. The number of aryl methyl sites for hydroxylation is 2. The zero-order valence-corrected chi connectivity index (χ0v) is 18.3. The van der Waals surface area contributed by atoms with Gasteiger partial charge in [0, 0.05) is 30.6 Å². The highest BCUT2D eigenvalue weighted by Gasteiger charge is 2.33. The first-order valence-corrected chi connectivity index (χ1v) is 10.7. The highest BCUT2D eigenvalue weighted by molar-refractivity contribution is 6.10. The van der Waals surface area contributed by atoms with E-state index in [1.165, 1.54) is 0 Å². The predicted octanol–water partition coefficient (Wildman–Crippen LogP) is 3.72. The highest BCUT2D eigenvalue weighted by Crippen LogP contribution is 2.33. The number of carbonyl (C=O) groups excluding carboxylic acids is 1. The molecule has 3 aromatic rings. The number of anilines is 1. The van der Waals surface area contributed by atoms with Crippen molar-refractivity contribution in [1.82, 2.24) is 19.7 Å². The summed E-state index contributed by atoms with van der Waals surface area (Å²) in [4.78, 5) is 23.7. The number of hydrogen-bond donors (Lipinski definition) is 0. The molecule has 5 heterocycles. The maximum atomic E-state index is 13.2. The summed E-state index contributed by atoms with van der Waals surface area (Å²) in [6.45, 7) is 4.48. The summed E-state index contributed by atoms with van der Waals surface area (Å²) in [5, 5.41) is 4.60. The zero-order chi connectivity index (χ0) is 23.1. The summed E-state index contributed by atoms with van der Waals surface area (Å²) < 4.78 is 37.6. The average Bonchev–Trinajstić information content (AvgIpc) is 3.53. The lowest BCUT2D eigenvalue weighted by molar-refractivity contribution is 0.0814. The summed E-state index contributed by atoms with van der Waals surface area (Å²) >= 11 is 0. The van der Waals surface area contributed by atoms with Crippen molar-refractivity contribution >= 4 is 11.7 Å². The molecule has 1 saturated heterocycles. The second-order valence-corrected chi connectivity index (χ2v) is 8.22. The van der Waals surface area contributed by atoms with E-state index in [0.29, 0.717) is 53.8 Å². The van der Waals surface area contributed by atoms with Crippen LogP contribution in [0.4, 0.5) is 14.6 Å². The number of halogens is 2. The van der Waals surface area contributed by atoms with Crippen molar-refractivity contribution in [3.8, 4) is 17.0 Å². The third-order valence-corrected chi connectivity index (χ3v) is 5.91. The smallest absolute Gasteiger partial charge is 0.272 e. The van der Waals surface area contributed by atoms with Gasteiger partial charge in [-0.3, -0.25) is 24.3 Å². The van der Waals surface area contributed by atoms with Crippen molar-refractivity contribution in [3.05, 3.63) is 53.1 Å². The van der Waals surface area contributed by atoms with Crippen LogP contribution in [0.1, 0.15) is 39.8 Å². The topological polar surface area (TPSA) is 82.4 Å². The molecule has 33 heavy (non-hydrogen) atoms. The normalized spacial score (nSPS) is 17.8. The van der Waals surface area contributed by atoms with Crippen LogP contribution in [0.15, 0.2) is 30.6 Å². The number of amides is 1. The van der Waals surface area contributed by atoms with Crippen LogP contribution < -0.4 is 9.64 Å². The van der Waals surface area contributed by atoms with Gasteiger partial charge in [-0.25, -0.2) is 8.78 Å². The Kier molecular flexibility index (Phi) is 5.53. The summed E-state index contributed by atoms with van der Waals surface area (Å²) in [5.74, 6) is 0.717. The summed E-state index contributed by atoms with van der Waals surface area (Å²) in [7, 11) is 0. The molecule has 0 aliphatic carbocycles. The van der Waals surface area contributed by atoms with E-state index in [1.54, 1.807) is 30.2 Å². The molecule has 1 fully saturated rings. The Labute approximate surface area is 189 Å². The van der Waals surface area contributed by atoms with Crippen LogP contribution in [0.3, 0.4) is 0 Å². The number of nitrogens with zero attached hydrogens (tertiary/aromatic N) is 5. The molecule has 5 rings (SSSR count). The monoisotopic (exact) mass is 455 g/mol. The predicted molar refractivity (Wildman–Crippen MR) is 116 cm³/mol. The van der Waals surface area contributed by atoms with Crippen molar-refractivity contribution in [2.24, 2.45) is 0 Å². The van der Waals surface area contributed by atoms with E-state index in [2.05, 4.69) is 10.1 Å². The van der Waals surface area contributed by atoms with Gasteiger partial charge in [-0.05, 0) is 38.0 Å². The first-order chi connectivity index (χ1) is 15.9. The van der Waals surface area contributed by atoms with Crippen LogP contribution in [0.5, 0.6) is 5.75 Å². The van der Waals surface area contributed by atoms with Gasteiger partial charge in [0.05, 0.1) is 41.8 Å². The number of aromatic nitrogens is 4. The van der Waals surface area contributed by atoms with Crippen molar-refractivity contribution in [1.29, 1.82) is 0 Å². The number of ether oxygens (including phenoxy) is 2. The molecule has 172 valence electrons. The van der Waals surface area contributed by atoms with Crippen molar-refractivity contribution in [3.63, 3.8) is 0 Å². The van der Waals surface area contributed by atoms with E-state index in [9.17, 15) is 13.6 Å². The molecule has 0 aromatic carbocycles. The van der Waals surface area contributed by atoms with E-state index in [-0.39, 0.29) is 17.7 Å². The fourth-order valence-corrected chi connectivity index (χ4v) is 4.19. The molecule has 2 aliphatic heterocycles. The van der Waals surface area contributed by atoms with E-state index in [4.69, 9.17) is 14.5 Å². The van der Waals surface area contributed by atoms with Crippen LogP contribution in [0, 0.1) is 13.8 Å². The Morgan fingerprint density at radius 1 is 1.30 bits per heavy atom. The van der Waals surface area contributed by atoms with Gasteiger partial charge in [-0.2, -0.15) is 5.10 Å². The third kappa shape index (κ3) is 4.06. The van der Waals surface area contributed by atoms with Gasteiger partial charge in [0.2, 0.25) is 0 Å². The van der Waals surface area contributed by atoms with Crippen molar-refractivity contribution in [2.75, 3.05) is 24.7 Å². The molecule has 10 heteroatoms. The fourth-order valence-electron chi connectivity index (χ4n) is 4.19. The number of rotatable bonds is 6. The third-order valence-electron chi connectivity index (χ3n) is 5.91. The quantitative estimate of drug-likeness (QED) is 0.564. The van der Waals surface area contributed by atoms with E-state index < -0.39 is 13.0 Å². The first kappa shape index (κ1) is 21.4. The van der Waals surface area contributed by atoms with Gasteiger partial charge in [0.1, 0.15) is 12.4 Å². The first-order valence-electron chi connectivity index (χ1n) is 10.7. The minimum atomic E-state index is -2.57. The van der Waals surface area contributed by atoms with Gasteiger partial charge in [0.25, 0.3) is 12.3 Å². The maximum Gasteiger partial charge on any atom is 0.272 e. The molecule has 0 bridgehead atoms. The van der Waals surface area contributed by atoms with Crippen LogP contribution in [-0.4, -0.2) is 51.9 Å². The number of hydrogen-bond acceptors (Lipinski definition) is 6. The SMILES string of the molecule is Cc1cc(-c2cnc(C)c(OCC(F)F)c2)nc2c1C(=O)N(c1ccn([C@H]3CCOC3)n1)C2. The van der Waals surface area contributed by atoms with Crippen LogP contribution in [-0.2, 0) is 11.3 Å². The molecular weight excluding hydrogens is 432 g/mol. The molecule has 1 amide bonds. The molecule has 0 saturated carbocycles. The molecule has 0 unspecified atom stereocenters. The minimum Gasteiger partial charge on any atom is -0.486 e. The molecular formula is C23H23F2N5O3. The van der Waals surface area contributed by atoms with Crippen molar-refractivity contribution in [2.45, 2.75) is 39.3 Å². The Bertz CT molecular complexity index is 1210. The van der Waals surface area contributed by atoms with Gasteiger partial charge < -0.3 is 9.47 Å². The zero-order valence-electron chi connectivity index (χ0n) is 18.3. The lowest BCUT2D eigenvalue weighted by Crippen LogP contribution is -2.24. The second kappa shape index (κ2) is 8.51. The Morgan fingerprint density at radius 2 is 2.15 bits per heavy atom. The van der Waals surface area contributed by atoms with Gasteiger partial charge in [-0.15, -0.1) is 0 Å². The van der Waals surface area contributed by atoms with Crippen LogP contribution in [0.25, 0.3) is 11.3 Å². The van der Waals surface area contributed by atoms with E-state index in [1.807, 2.05) is 23.9 Å². The van der Waals surface area contributed by atoms with Crippen molar-refractivity contribution < 1.29 is 23.0 Å². The highest BCUT2D eigenvalue weighted by atomic mass is 19.3. The van der Waals surface area contributed by atoms with Crippen LogP contribution >= 0.6 is 0 Å².